The normalized spacial score (nSPS) is 18.1. The first-order valence-corrected chi connectivity index (χ1v) is 14.7. The molecule has 2 aliphatic rings. The molecule has 0 unspecified atom stereocenters. The fourth-order valence-electron chi connectivity index (χ4n) is 4.04. The van der Waals surface area contributed by atoms with Crippen molar-refractivity contribution in [1.29, 1.82) is 0 Å². The van der Waals surface area contributed by atoms with E-state index in [1.54, 1.807) is 0 Å². The van der Waals surface area contributed by atoms with Crippen LogP contribution in [0.4, 0.5) is 10.8 Å². The Hall–Kier alpha value is -2.22. The zero-order chi connectivity index (χ0) is 24.1. The summed E-state index contributed by atoms with van der Waals surface area (Å²) in [7, 11) is -3.22. The maximum atomic E-state index is 12.6. The zero-order valence-electron chi connectivity index (χ0n) is 18.9. The molecular formula is C21H28N6O4S3. The molecular weight excluding hydrogens is 496 g/mol. The van der Waals surface area contributed by atoms with E-state index in [0.29, 0.717) is 48.5 Å². The van der Waals surface area contributed by atoms with Crippen LogP contribution in [-0.2, 0) is 19.6 Å². The summed E-state index contributed by atoms with van der Waals surface area (Å²) in [6.45, 7) is 3.66. The van der Waals surface area contributed by atoms with Gasteiger partial charge in [0.15, 0.2) is 4.34 Å². The van der Waals surface area contributed by atoms with Crippen molar-refractivity contribution in [2.24, 2.45) is 5.92 Å². The predicted molar refractivity (Wildman–Crippen MR) is 134 cm³/mol. The number of para-hydroxylation sites is 1. The van der Waals surface area contributed by atoms with Gasteiger partial charge >= 0.3 is 0 Å². The highest BCUT2D eigenvalue weighted by Gasteiger charge is 2.29. The molecule has 2 fully saturated rings. The first-order chi connectivity index (χ1) is 16.3. The molecule has 34 heavy (non-hydrogen) atoms. The molecule has 2 aliphatic heterocycles. The van der Waals surface area contributed by atoms with Crippen LogP contribution in [0.3, 0.4) is 0 Å². The summed E-state index contributed by atoms with van der Waals surface area (Å²) in [5.41, 5.74) is 1.17. The van der Waals surface area contributed by atoms with Crippen molar-refractivity contribution >= 4 is 55.8 Å². The molecule has 13 heteroatoms. The highest BCUT2D eigenvalue weighted by Crippen LogP contribution is 2.27. The van der Waals surface area contributed by atoms with Gasteiger partial charge in [0, 0.05) is 50.9 Å². The maximum Gasteiger partial charge on any atom is 0.233 e. The standard InChI is InChI=1S/C21H28N6O4S3/c1-34(30,31)27-9-7-16(8-10-27)19(29)22-20-23-24-21(33-20)32-15-18(28)26-13-11-25(12-14-26)17-5-3-2-4-6-17/h2-6,16H,7-15H2,1H3,(H,22,23,29). The van der Waals surface area contributed by atoms with E-state index >= 15 is 0 Å². The number of carbonyl (C=O) groups excluding carboxylic acids is 2. The summed E-state index contributed by atoms with van der Waals surface area (Å²) < 4.78 is 25.3. The lowest BCUT2D eigenvalue weighted by Gasteiger charge is -2.36. The Labute approximate surface area is 207 Å². The number of nitrogens with one attached hydrogen (secondary N) is 1. The summed E-state index contributed by atoms with van der Waals surface area (Å²) in [6, 6.07) is 10.2. The lowest BCUT2D eigenvalue weighted by Crippen LogP contribution is -2.49. The van der Waals surface area contributed by atoms with Crippen molar-refractivity contribution in [2.45, 2.75) is 17.2 Å². The SMILES string of the molecule is CS(=O)(=O)N1CCC(C(=O)Nc2nnc(SCC(=O)N3CCN(c4ccccc4)CC3)s2)CC1. The van der Waals surface area contributed by atoms with Gasteiger partial charge in [0.05, 0.1) is 12.0 Å². The molecule has 3 heterocycles. The molecule has 2 aromatic rings. The number of sulfonamides is 1. The quantitative estimate of drug-likeness (QED) is 0.429. The highest BCUT2D eigenvalue weighted by atomic mass is 32.2. The van der Waals surface area contributed by atoms with Crippen molar-refractivity contribution in [3.05, 3.63) is 30.3 Å². The zero-order valence-corrected chi connectivity index (χ0v) is 21.4. The molecule has 4 rings (SSSR count). The van der Waals surface area contributed by atoms with Crippen LogP contribution in [0.15, 0.2) is 34.7 Å². The molecule has 1 N–H and O–H groups in total. The molecule has 2 saturated heterocycles. The van der Waals surface area contributed by atoms with E-state index in [1.807, 2.05) is 23.1 Å². The van der Waals surface area contributed by atoms with Crippen molar-refractivity contribution in [2.75, 3.05) is 61.5 Å². The smallest absolute Gasteiger partial charge is 0.233 e. The minimum Gasteiger partial charge on any atom is -0.368 e. The number of piperazine rings is 1. The van der Waals surface area contributed by atoms with Crippen molar-refractivity contribution in [3.63, 3.8) is 0 Å². The van der Waals surface area contributed by atoms with Crippen molar-refractivity contribution in [3.8, 4) is 0 Å². The predicted octanol–water partition coefficient (Wildman–Crippen LogP) is 1.59. The van der Waals surface area contributed by atoms with Gasteiger partial charge in [-0.25, -0.2) is 12.7 Å². The molecule has 0 spiro atoms. The van der Waals surface area contributed by atoms with Gasteiger partial charge in [-0.1, -0.05) is 41.3 Å². The van der Waals surface area contributed by atoms with Crippen LogP contribution in [0, 0.1) is 5.92 Å². The largest absolute Gasteiger partial charge is 0.368 e. The van der Waals surface area contributed by atoms with Crippen LogP contribution in [0.1, 0.15) is 12.8 Å². The molecule has 0 saturated carbocycles. The lowest BCUT2D eigenvalue weighted by atomic mass is 9.97. The second-order valence-corrected chi connectivity index (χ2v) is 12.5. The number of anilines is 2. The van der Waals surface area contributed by atoms with E-state index in [-0.39, 0.29) is 23.5 Å². The molecule has 0 aliphatic carbocycles. The van der Waals surface area contributed by atoms with E-state index in [4.69, 9.17) is 0 Å². The van der Waals surface area contributed by atoms with Crippen LogP contribution >= 0.6 is 23.1 Å². The number of hydrogen-bond acceptors (Lipinski definition) is 9. The third-order valence-corrected chi connectivity index (χ3v) is 9.26. The molecule has 0 radical (unpaired) electrons. The maximum absolute atomic E-state index is 12.6. The monoisotopic (exact) mass is 524 g/mol. The average molecular weight is 525 g/mol. The van der Waals surface area contributed by atoms with Gasteiger partial charge in [-0.3, -0.25) is 9.59 Å². The minimum absolute atomic E-state index is 0.0659. The number of piperidine rings is 1. The van der Waals surface area contributed by atoms with Gasteiger partial charge < -0.3 is 15.1 Å². The molecule has 1 aromatic heterocycles. The number of hydrogen-bond donors (Lipinski definition) is 1. The number of benzene rings is 1. The third-order valence-electron chi connectivity index (χ3n) is 6.00. The Morgan fingerprint density at radius 1 is 1.06 bits per heavy atom. The Morgan fingerprint density at radius 3 is 2.38 bits per heavy atom. The Bertz CT molecular complexity index is 1090. The first-order valence-electron chi connectivity index (χ1n) is 11.1. The number of rotatable bonds is 7. The van der Waals surface area contributed by atoms with Crippen LogP contribution < -0.4 is 10.2 Å². The second-order valence-electron chi connectivity index (χ2n) is 8.29. The van der Waals surface area contributed by atoms with E-state index in [0.717, 1.165) is 13.1 Å². The first kappa shape index (κ1) is 24.9. The van der Waals surface area contributed by atoms with Crippen molar-refractivity contribution < 1.29 is 18.0 Å². The van der Waals surface area contributed by atoms with E-state index in [1.165, 1.54) is 39.3 Å². The van der Waals surface area contributed by atoms with E-state index < -0.39 is 10.0 Å². The molecule has 10 nitrogen and oxygen atoms in total. The Balaban J connectivity index is 1.19. The highest BCUT2D eigenvalue weighted by molar-refractivity contribution is 8.01. The average Bonchev–Trinajstić information content (AvgIpc) is 3.30. The fourth-order valence-corrected chi connectivity index (χ4v) is 6.58. The van der Waals surface area contributed by atoms with Gasteiger partial charge in [0.2, 0.25) is 27.0 Å². The number of carbonyl (C=O) groups is 2. The number of thioether (sulfide) groups is 1. The van der Waals surface area contributed by atoms with E-state index in [2.05, 4.69) is 32.5 Å². The van der Waals surface area contributed by atoms with Gasteiger partial charge in [-0.05, 0) is 25.0 Å². The Kier molecular flexibility index (Phi) is 8.06. The number of amides is 2. The van der Waals surface area contributed by atoms with Crippen molar-refractivity contribution in [1.82, 2.24) is 19.4 Å². The molecule has 1 aromatic carbocycles. The number of aromatic nitrogens is 2. The molecule has 0 bridgehead atoms. The summed E-state index contributed by atoms with van der Waals surface area (Å²) in [5.74, 6) is -0.0869. The summed E-state index contributed by atoms with van der Waals surface area (Å²) in [4.78, 5) is 29.3. The molecule has 184 valence electrons. The minimum atomic E-state index is -3.22. The van der Waals surface area contributed by atoms with Gasteiger partial charge in [0.1, 0.15) is 0 Å². The summed E-state index contributed by atoms with van der Waals surface area (Å²) in [6.07, 6.45) is 2.14. The van der Waals surface area contributed by atoms with Gasteiger partial charge in [-0.2, -0.15) is 0 Å². The topological polar surface area (TPSA) is 116 Å². The second kappa shape index (κ2) is 11.0. The third kappa shape index (κ3) is 6.46. The van der Waals surface area contributed by atoms with Crippen LogP contribution in [0.25, 0.3) is 0 Å². The molecule has 0 atom stereocenters. The van der Waals surface area contributed by atoms with Gasteiger partial charge in [-0.15, -0.1) is 10.2 Å². The van der Waals surface area contributed by atoms with Crippen LogP contribution in [0.2, 0.25) is 0 Å². The molecule has 2 amide bonds. The fraction of sp³-hybridized carbons (Fsp3) is 0.524. The Morgan fingerprint density at radius 2 is 1.74 bits per heavy atom. The summed E-state index contributed by atoms with van der Waals surface area (Å²) >= 11 is 2.56. The van der Waals surface area contributed by atoms with E-state index in [9.17, 15) is 18.0 Å². The summed E-state index contributed by atoms with van der Waals surface area (Å²) in [5, 5.41) is 11.3. The van der Waals surface area contributed by atoms with Gasteiger partial charge in [0.25, 0.3) is 0 Å². The lowest BCUT2D eigenvalue weighted by molar-refractivity contribution is -0.128. The van der Waals surface area contributed by atoms with Crippen LogP contribution in [0.5, 0.6) is 0 Å². The van der Waals surface area contributed by atoms with Crippen LogP contribution in [-0.4, -0.2) is 90.9 Å². The number of nitrogens with zero attached hydrogens (tertiary/aromatic N) is 5.